The molecule has 0 atom stereocenters. The molecule has 0 amide bonds. The van der Waals surface area contributed by atoms with Gasteiger partial charge in [0.25, 0.3) is 0 Å². The fourth-order valence-corrected chi connectivity index (χ4v) is 2.58. The third-order valence-corrected chi connectivity index (χ3v) is 3.50. The quantitative estimate of drug-likeness (QED) is 0.750. The lowest BCUT2D eigenvalue weighted by molar-refractivity contribution is 0.282. The molecule has 1 aliphatic rings. The minimum Gasteiger partial charge on any atom is -0.296 e. The lowest BCUT2D eigenvalue weighted by atomic mass is 10.2. The summed E-state index contributed by atoms with van der Waals surface area (Å²) in [6, 6.07) is 4.00. The summed E-state index contributed by atoms with van der Waals surface area (Å²) >= 11 is 1.79. The van der Waals surface area contributed by atoms with Crippen molar-refractivity contribution in [2.24, 2.45) is 0 Å². The Bertz CT molecular complexity index is 353. The molecule has 0 bridgehead atoms. The van der Waals surface area contributed by atoms with Crippen molar-refractivity contribution in [2.75, 3.05) is 25.4 Å². The summed E-state index contributed by atoms with van der Waals surface area (Å²) in [6.07, 6.45) is 6.12. The molecule has 0 saturated carbocycles. The number of aromatic nitrogens is 1. The van der Waals surface area contributed by atoms with E-state index in [0.717, 1.165) is 25.3 Å². The van der Waals surface area contributed by atoms with E-state index < -0.39 is 0 Å². The highest BCUT2D eigenvalue weighted by atomic mass is 32.2. The van der Waals surface area contributed by atoms with Gasteiger partial charge in [-0.15, -0.1) is 11.8 Å². The van der Waals surface area contributed by atoms with E-state index in [1.165, 1.54) is 4.90 Å². The molecule has 0 N–H and O–H groups in total. The molecule has 1 aromatic rings. The Morgan fingerprint density at radius 3 is 2.94 bits per heavy atom. The van der Waals surface area contributed by atoms with Gasteiger partial charge in [0, 0.05) is 42.7 Å². The lowest BCUT2D eigenvalue weighted by Gasteiger charge is -2.23. The zero-order valence-electron chi connectivity index (χ0n) is 9.10. The molecule has 0 aromatic carbocycles. The van der Waals surface area contributed by atoms with E-state index in [1.807, 2.05) is 12.1 Å². The minimum absolute atomic E-state index is 0.0140. The van der Waals surface area contributed by atoms with Crippen molar-refractivity contribution in [1.82, 2.24) is 9.88 Å². The number of pyridine rings is 1. The van der Waals surface area contributed by atoms with Gasteiger partial charge < -0.3 is 0 Å². The summed E-state index contributed by atoms with van der Waals surface area (Å²) in [5.41, 5.74) is 0. The van der Waals surface area contributed by atoms with Gasteiger partial charge in [-0.2, -0.15) is 0 Å². The summed E-state index contributed by atoms with van der Waals surface area (Å²) in [6.45, 7) is 2.40. The average Bonchev–Trinajstić information content (AvgIpc) is 2.30. The van der Waals surface area contributed by atoms with E-state index in [1.54, 1.807) is 30.2 Å². The molecule has 0 radical (unpaired) electrons. The van der Waals surface area contributed by atoms with Crippen molar-refractivity contribution in [2.45, 2.75) is 11.3 Å². The van der Waals surface area contributed by atoms with Gasteiger partial charge in [0.2, 0.25) is 0 Å². The van der Waals surface area contributed by atoms with E-state index in [-0.39, 0.29) is 5.83 Å². The highest BCUT2D eigenvalue weighted by Crippen LogP contribution is 2.17. The molecule has 0 spiro atoms. The number of nitrogens with zero attached hydrogens (tertiary/aromatic N) is 2. The van der Waals surface area contributed by atoms with E-state index >= 15 is 0 Å². The van der Waals surface area contributed by atoms with Crippen molar-refractivity contribution in [3.05, 3.63) is 36.4 Å². The maximum absolute atomic E-state index is 13.0. The first-order valence-electron chi connectivity index (χ1n) is 5.44. The standard InChI is InChI=1S/C12H15FN2S/c13-11-2-1-7-15(10-11)8-9-16-12-3-5-14-6-4-12/h2-6H,1,7-10H2. The third-order valence-electron chi connectivity index (χ3n) is 2.51. The zero-order valence-corrected chi connectivity index (χ0v) is 9.92. The van der Waals surface area contributed by atoms with Gasteiger partial charge in [-0.05, 0) is 18.6 Å². The number of rotatable bonds is 4. The van der Waals surface area contributed by atoms with Crippen LogP contribution in [0.3, 0.4) is 0 Å². The molecular weight excluding hydrogens is 223 g/mol. The molecule has 0 unspecified atom stereocenters. The van der Waals surface area contributed by atoms with Gasteiger partial charge in [-0.25, -0.2) is 4.39 Å². The average molecular weight is 238 g/mol. The summed E-state index contributed by atoms with van der Waals surface area (Å²) in [5, 5.41) is 0. The Balaban J connectivity index is 1.71. The summed E-state index contributed by atoms with van der Waals surface area (Å²) in [7, 11) is 0. The molecule has 2 nitrogen and oxygen atoms in total. The van der Waals surface area contributed by atoms with Gasteiger partial charge >= 0.3 is 0 Å². The van der Waals surface area contributed by atoms with Crippen LogP contribution in [0, 0.1) is 0 Å². The third kappa shape index (κ3) is 3.61. The molecular formula is C12H15FN2S. The highest BCUT2D eigenvalue weighted by molar-refractivity contribution is 7.99. The Kier molecular flexibility index (Phi) is 4.36. The topological polar surface area (TPSA) is 16.1 Å². The first-order chi connectivity index (χ1) is 7.84. The maximum atomic E-state index is 13.0. The predicted molar refractivity (Wildman–Crippen MR) is 65.2 cm³/mol. The van der Waals surface area contributed by atoms with Crippen LogP contribution in [-0.4, -0.2) is 35.3 Å². The van der Waals surface area contributed by atoms with Crippen LogP contribution in [0.2, 0.25) is 0 Å². The Labute approximate surface area is 99.6 Å². The summed E-state index contributed by atoms with van der Waals surface area (Å²) in [4.78, 5) is 7.35. The van der Waals surface area contributed by atoms with Crippen LogP contribution in [0.1, 0.15) is 6.42 Å². The van der Waals surface area contributed by atoms with Crippen LogP contribution in [0.25, 0.3) is 0 Å². The molecule has 0 aliphatic carbocycles. The van der Waals surface area contributed by atoms with Crippen molar-refractivity contribution in [3.8, 4) is 0 Å². The van der Waals surface area contributed by atoms with Crippen LogP contribution in [0.15, 0.2) is 41.3 Å². The smallest absolute Gasteiger partial charge is 0.110 e. The molecule has 4 heteroatoms. The van der Waals surface area contributed by atoms with Gasteiger partial charge in [0.1, 0.15) is 5.83 Å². The summed E-state index contributed by atoms with van der Waals surface area (Å²) < 4.78 is 13.0. The van der Waals surface area contributed by atoms with Gasteiger partial charge in [0.15, 0.2) is 0 Å². The van der Waals surface area contributed by atoms with Crippen molar-refractivity contribution < 1.29 is 4.39 Å². The lowest BCUT2D eigenvalue weighted by Crippen LogP contribution is -2.31. The van der Waals surface area contributed by atoms with Crippen LogP contribution < -0.4 is 0 Å². The second-order valence-electron chi connectivity index (χ2n) is 3.75. The largest absolute Gasteiger partial charge is 0.296 e. The number of halogens is 1. The van der Waals surface area contributed by atoms with Crippen LogP contribution in [0.4, 0.5) is 4.39 Å². The van der Waals surface area contributed by atoms with Crippen LogP contribution >= 0.6 is 11.8 Å². The van der Waals surface area contributed by atoms with Gasteiger partial charge in [-0.1, -0.05) is 6.08 Å². The molecule has 2 rings (SSSR count). The second kappa shape index (κ2) is 6.01. The number of hydrogen-bond donors (Lipinski definition) is 0. The minimum atomic E-state index is 0.0140. The van der Waals surface area contributed by atoms with E-state index in [4.69, 9.17) is 0 Å². The first-order valence-corrected chi connectivity index (χ1v) is 6.43. The predicted octanol–water partition coefficient (Wildman–Crippen LogP) is 2.73. The SMILES string of the molecule is FC1=CCCN(CCSc2ccncc2)C1. The fraction of sp³-hybridized carbons (Fsp3) is 0.417. The Morgan fingerprint density at radius 1 is 1.38 bits per heavy atom. The summed E-state index contributed by atoms with van der Waals surface area (Å²) in [5.74, 6) is 1.01. The Hall–Kier alpha value is -0.870. The molecule has 1 aromatic heterocycles. The Morgan fingerprint density at radius 2 is 2.19 bits per heavy atom. The van der Waals surface area contributed by atoms with E-state index in [0.29, 0.717) is 6.54 Å². The van der Waals surface area contributed by atoms with E-state index in [9.17, 15) is 4.39 Å². The first kappa shape index (κ1) is 11.6. The maximum Gasteiger partial charge on any atom is 0.110 e. The zero-order chi connectivity index (χ0) is 11.2. The molecule has 1 aliphatic heterocycles. The highest BCUT2D eigenvalue weighted by Gasteiger charge is 2.11. The van der Waals surface area contributed by atoms with E-state index in [2.05, 4.69) is 9.88 Å². The van der Waals surface area contributed by atoms with Crippen molar-refractivity contribution >= 4 is 11.8 Å². The van der Waals surface area contributed by atoms with Crippen molar-refractivity contribution in [3.63, 3.8) is 0 Å². The van der Waals surface area contributed by atoms with Gasteiger partial charge in [0.05, 0.1) is 0 Å². The molecule has 0 saturated heterocycles. The molecule has 0 fully saturated rings. The van der Waals surface area contributed by atoms with Crippen molar-refractivity contribution in [1.29, 1.82) is 0 Å². The monoisotopic (exact) mass is 238 g/mol. The molecule has 16 heavy (non-hydrogen) atoms. The van der Waals surface area contributed by atoms with Crippen LogP contribution in [0.5, 0.6) is 0 Å². The van der Waals surface area contributed by atoms with Gasteiger partial charge in [-0.3, -0.25) is 9.88 Å². The number of hydrogen-bond acceptors (Lipinski definition) is 3. The number of thioether (sulfide) groups is 1. The fourth-order valence-electron chi connectivity index (χ4n) is 1.68. The second-order valence-corrected chi connectivity index (χ2v) is 4.92. The normalized spacial score (nSPS) is 17.2. The molecule has 86 valence electrons. The molecule has 2 heterocycles. The van der Waals surface area contributed by atoms with Crippen LogP contribution in [-0.2, 0) is 0 Å².